The first-order chi connectivity index (χ1) is 20.1. The van der Waals surface area contributed by atoms with Crippen molar-refractivity contribution in [3.05, 3.63) is 0 Å². The second-order valence-corrected chi connectivity index (χ2v) is 16.6. The standard InChI is InChI=1S/C38H70N2O2/c1-27(2)15-14-16-28(3)32-17-18-33-36-34(20-22-38(32,33)6)37(5)21-19-31(42-29(4)41)25-30(37)26-35(36)40-24-13-11-9-7-8-10-12-23-39/h27-28,30-36,40H,7-26,39H2,1-6H3/t28-,30-,31+,32-,33?,34?,35?,36?,37+,38-/m1/s1. The molecule has 10 atom stereocenters. The highest BCUT2D eigenvalue weighted by molar-refractivity contribution is 5.66. The van der Waals surface area contributed by atoms with Crippen molar-refractivity contribution in [2.24, 2.45) is 58.0 Å². The Morgan fingerprint density at radius 1 is 0.833 bits per heavy atom. The van der Waals surface area contributed by atoms with Crippen molar-refractivity contribution in [1.29, 1.82) is 0 Å². The van der Waals surface area contributed by atoms with Gasteiger partial charge in [0.05, 0.1) is 0 Å². The zero-order valence-electron chi connectivity index (χ0n) is 28.7. The molecular weight excluding hydrogens is 516 g/mol. The molecule has 0 radical (unpaired) electrons. The van der Waals surface area contributed by atoms with Crippen LogP contribution in [-0.2, 0) is 9.53 Å². The number of unbranched alkanes of at least 4 members (excludes halogenated alkanes) is 6. The van der Waals surface area contributed by atoms with Gasteiger partial charge in [-0.05, 0) is 130 Å². The average Bonchev–Trinajstić information content (AvgIpc) is 3.29. The highest BCUT2D eigenvalue weighted by atomic mass is 16.5. The van der Waals surface area contributed by atoms with Crippen LogP contribution in [0.1, 0.15) is 157 Å². The SMILES string of the molecule is CC(=O)O[C@H]1CC[C@]2(C)C3CC[C@@]4(C)C(CC[C@@H]4[C@H](C)CCCC(C)C)C3C(NCCCCCCCCCN)C[C@H]2C1. The summed E-state index contributed by atoms with van der Waals surface area (Å²) < 4.78 is 5.82. The van der Waals surface area contributed by atoms with Crippen LogP contribution in [0.5, 0.6) is 0 Å². The van der Waals surface area contributed by atoms with Crippen LogP contribution in [-0.4, -0.2) is 31.2 Å². The molecular formula is C38H70N2O2. The third-order valence-corrected chi connectivity index (χ3v) is 13.5. The van der Waals surface area contributed by atoms with Crippen molar-refractivity contribution >= 4 is 5.97 Å². The Morgan fingerprint density at radius 3 is 2.19 bits per heavy atom. The molecule has 4 heteroatoms. The summed E-state index contributed by atoms with van der Waals surface area (Å²) in [6.07, 6.45) is 24.0. The van der Waals surface area contributed by atoms with E-state index in [-0.39, 0.29) is 12.1 Å². The van der Waals surface area contributed by atoms with Crippen LogP contribution >= 0.6 is 0 Å². The van der Waals surface area contributed by atoms with Gasteiger partial charge < -0.3 is 15.8 Å². The molecule has 0 aliphatic heterocycles. The molecule has 4 aliphatic rings. The van der Waals surface area contributed by atoms with E-state index in [0.29, 0.717) is 22.8 Å². The molecule has 4 unspecified atom stereocenters. The van der Waals surface area contributed by atoms with Crippen LogP contribution in [0.2, 0.25) is 0 Å². The Labute approximate surface area is 260 Å². The second kappa shape index (κ2) is 15.6. The maximum absolute atomic E-state index is 11.9. The molecule has 4 fully saturated rings. The molecule has 0 aromatic rings. The first-order valence-electron chi connectivity index (χ1n) is 18.7. The largest absolute Gasteiger partial charge is 0.463 e. The van der Waals surface area contributed by atoms with Crippen LogP contribution in [0.4, 0.5) is 0 Å². The zero-order valence-corrected chi connectivity index (χ0v) is 28.7. The first-order valence-corrected chi connectivity index (χ1v) is 18.7. The number of esters is 1. The van der Waals surface area contributed by atoms with Crippen molar-refractivity contribution in [1.82, 2.24) is 5.32 Å². The van der Waals surface area contributed by atoms with E-state index in [2.05, 4.69) is 39.9 Å². The molecule has 0 saturated heterocycles. The molecule has 0 aromatic carbocycles. The van der Waals surface area contributed by atoms with E-state index < -0.39 is 0 Å². The van der Waals surface area contributed by atoms with Crippen molar-refractivity contribution in [3.8, 4) is 0 Å². The number of fused-ring (bicyclic) bond motifs is 5. The lowest BCUT2D eigenvalue weighted by atomic mass is 9.43. The van der Waals surface area contributed by atoms with Gasteiger partial charge in [-0.25, -0.2) is 0 Å². The van der Waals surface area contributed by atoms with Gasteiger partial charge in [-0.2, -0.15) is 0 Å². The highest BCUT2D eigenvalue weighted by Gasteiger charge is 2.63. The maximum atomic E-state index is 11.9. The van der Waals surface area contributed by atoms with E-state index in [1.54, 1.807) is 6.92 Å². The normalized spacial score (nSPS) is 38.5. The Morgan fingerprint density at radius 2 is 1.50 bits per heavy atom. The van der Waals surface area contributed by atoms with Crippen LogP contribution in [0, 0.1) is 52.3 Å². The predicted octanol–water partition coefficient (Wildman–Crippen LogP) is 9.30. The van der Waals surface area contributed by atoms with Gasteiger partial charge in [-0.3, -0.25) is 4.79 Å². The molecule has 0 spiro atoms. The summed E-state index contributed by atoms with van der Waals surface area (Å²) in [7, 11) is 0. The van der Waals surface area contributed by atoms with E-state index in [0.717, 1.165) is 54.9 Å². The summed E-state index contributed by atoms with van der Waals surface area (Å²) >= 11 is 0. The fourth-order valence-electron chi connectivity index (χ4n) is 11.2. The van der Waals surface area contributed by atoms with Crippen molar-refractivity contribution < 1.29 is 9.53 Å². The van der Waals surface area contributed by atoms with Gasteiger partial charge in [0.25, 0.3) is 0 Å². The predicted molar refractivity (Wildman–Crippen MR) is 177 cm³/mol. The molecule has 0 heterocycles. The molecule has 0 bridgehead atoms. The van der Waals surface area contributed by atoms with Crippen LogP contribution in [0.15, 0.2) is 0 Å². The summed E-state index contributed by atoms with van der Waals surface area (Å²) in [6, 6.07) is 0.633. The molecule has 4 aliphatic carbocycles. The molecule has 4 rings (SSSR count). The number of nitrogens with one attached hydrogen (secondary N) is 1. The number of hydrogen-bond donors (Lipinski definition) is 2. The smallest absolute Gasteiger partial charge is 0.302 e. The monoisotopic (exact) mass is 587 g/mol. The minimum absolute atomic E-state index is 0.0945. The maximum Gasteiger partial charge on any atom is 0.302 e. The van der Waals surface area contributed by atoms with E-state index >= 15 is 0 Å². The average molecular weight is 587 g/mol. The lowest BCUT2D eigenvalue weighted by Gasteiger charge is -2.63. The van der Waals surface area contributed by atoms with Gasteiger partial charge in [0.2, 0.25) is 0 Å². The Balaban J connectivity index is 1.44. The molecule has 4 saturated carbocycles. The summed E-state index contributed by atoms with van der Waals surface area (Å²) in [5, 5.41) is 4.23. The summed E-state index contributed by atoms with van der Waals surface area (Å²) in [4.78, 5) is 11.9. The molecule has 0 amide bonds. The number of ether oxygens (including phenoxy) is 1. The number of nitrogens with two attached hydrogens (primary N) is 1. The molecule has 0 aromatic heterocycles. The van der Waals surface area contributed by atoms with Gasteiger partial charge in [0.15, 0.2) is 0 Å². The highest BCUT2D eigenvalue weighted by Crippen LogP contribution is 2.68. The number of carbonyl (C=O) groups excluding carboxylic acids is 1. The topological polar surface area (TPSA) is 64.3 Å². The van der Waals surface area contributed by atoms with Gasteiger partial charge in [0, 0.05) is 13.0 Å². The van der Waals surface area contributed by atoms with Crippen molar-refractivity contribution in [2.45, 2.75) is 169 Å². The van der Waals surface area contributed by atoms with Crippen LogP contribution in [0.3, 0.4) is 0 Å². The lowest BCUT2D eigenvalue weighted by Crippen LogP contribution is -2.61. The van der Waals surface area contributed by atoms with Gasteiger partial charge in [-0.1, -0.05) is 86.0 Å². The molecule has 4 nitrogen and oxygen atoms in total. The zero-order chi connectivity index (χ0) is 30.3. The van der Waals surface area contributed by atoms with Crippen molar-refractivity contribution in [2.75, 3.05) is 13.1 Å². The van der Waals surface area contributed by atoms with Gasteiger partial charge >= 0.3 is 5.97 Å². The third-order valence-electron chi connectivity index (χ3n) is 13.5. The van der Waals surface area contributed by atoms with Crippen molar-refractivity contribution in [3.63, 3.8) is 0 Å². The van der Waals surface area contributed by atoms with Crippen LogP contribution in [0.25, 0.3) is 0 Å². The van der Waals surface area contributed by atoms with E-state index in [1.807, 2.05) is 0 Å². The quantitative estimate of drug-likeness (QED) is 0.140. The van der Waals surface area contributed by atoms with Gasteiger partial charge in [0.1, 0.15) is 6.10 Å². The minimum atomic E-state index is -0.0945. The summed E-state index contributed by atoms with van der Waals surface area (Å²) in [5.41, 5.74) is 6.59. The number of carbonyl (C=O) groups is 1. The summed E-state index contributed by atoms with van der Waals surface area (Å²) in [5.74, 6) is 5.68. The Kier molecular flexibility index (Phi) is 12.7. The second-order valence-electron chi connectivity index (χ2n) is 16.6. The fourth-order valence-corrected chi connectivity index (χ4v) is 11.2. The van der Waals surface area contributed by atoms with E-state index in [1.165, 1.54) is 109 Å². The minimum Gasteiger partial charge on any atom is -0.463 e. The molecule has 3 N–H and O–H groups in total. The first kappa shape index (κ1) is 34.3. The number of hydrogen-bond acceptors (Lipinski definition) is 4. The molecule has 244 valence electrons. The Hall–Kier alpha value is -0.610. The lowest BCUT2D eigenvalue weighted by molar-refractivity contribution is -0.164. The number of rotatable bonds is 16. The van der Waals surface area contributed by atoms with E-state index in [4.69, 9.17) is 10.5 Å². The van der Waals surface area contributed by atoms with Crippen LogP contribution < -0.4 is 11.1 Å². The molecule has 42 heavy (non-hydrogen) atoms. The Bertz CT molecular complexity index is 830. The van der Waals surface area contributed by atoms with E-state index in [9.17, 15) is 4.79 Å². The summed E-state index contributed by atoms with van der Waals surface area (Å²) in [6.45, 7) is 16.4. The third kappa shape index (κ3) is 7.96. The van der Waals surface area contributed by atoms with Gasteiger partial charge in [-0.15, -0.1) is 0 Å². The fraction of sp³-hybridized carbons (Fsp3) is 0.974.